The Hall–Kier alpha value is -1.92. The van der Waals surface area contributed by atoms with Gasteiger partial charge in [0.05, 0.1) is 13.2 Å². The van der Waals surface area contributed by atoms with Crippen molar-refractivity contribution in [3.05, 3.63) is 29.3 Å². The standard InChI is InChI=1S/C20H26N2O4/c1-14-4-3-5-15(2)16(14)21-17(23)19(6-7-19)18(24)22-10-8-20(9-11-22)25-12-13-26-20/h3-5H,6-13H2,1-2H3,(H,21,23). The molecular weight excluding hydrogens is 332 g/mol. The molecule has 6 heteroatoms. The van der Waals surface area contributed by atoms with E-state index in [2.05, 4.69) is 5.32 Å². The van der Waals surface area contributed by atoms with Crippen LogP contribution in [0.3, 0.4) is 0 Å². The van der Waals surface area contributed by atoms with Crippen molar-refractivity contribution >= 4 is 17.5 Å². The molecular formula is C20H26N2O4. The zero-order valence-corrected chi connectivity index (χ0v) is 15.5. The minimum atomic E-state index is -0.892. The highest BCUT2D eigenvalue weighted by molar-refractivity contribution is 6.13. The molecule has 1 saturated carbocycles. The van der Waals surface area contributed by atoms with Gasteiger partial charge in [0, 0.05) is 31.6 Å². The SMILES string of the molecule is Cc1cccc(C)c1NC(=O)C1(C(=O)N2CCC3(CC2)OCCO3)CC1. The lowest BCUT2D eigenvalue weighted by Crippen LogP contribution is -2.51. The van der Waals surface area contributed by atoms with Gasteiger partial charge in [-0.05, 0) is 37.8 Å². The predicted octanol–water partition coefficient (Wildman–Crippen LogP) is 2.39. The molecule has 0 radical (unpaired) electrons. The van der Waals surface area contributed by atoms with Gasteiger partial charge < -0.3 is 19.7 Å². The Balaban J connectivity index is 1.43. The van der Waals surface area contributed by atoms with E-state index in [1.807, 2.05) is 36.9 Å². The number of hydrogen-bond donors (Lipinski definition) is 1. The number of carbonyl (C=O) groups is 2. The lowest BCUT2D eigenvalue weighted by molar-refractivity contribution is -0.188. The molecule has 0 bridgehead atoms. The molecule has 0 aromatic heterocycles. The molecule has 1 N–H and O–H groups in total. The third-order valence-corrected chi connectivity index (χ3v) is 5.94. The molecule has 2 saturated heterocycles. The Morgan fingerprint density at radius 1 is 1.00 bits per heavy atom. The summed E-state index contributed by atoms with van der Waals surface area (Å²) in [5.74, 6) is -0.726. The maximum Gasteiger partial charge on any atom is 0.240 e. The smallest absolute Gasteiger partial charge is 0.240 e. The second-order valence-electron chi connectivity index (χ2n) is 7.70. The summed E-state index contributed by atoms with van der Waals surface area (Å²) in [7, 11) is 0. The summed E-state index contributed by atoms with van der Waals surface area (Å²) in [5.41, 5.74) is 1.95. The lowest BCUT2D eigenvalue weighted by atomic mass is 9.98. The number of rotatable bonds is 3. The molecule has 0 atom stereocenters. The Bertz CT molecular complexity index is 705. The van der Waals surface area contributed by atoms with Gasteiger partial charge in [0.25, 0.3) is 0 Å². The molecule has 3 fully saturated rings. The molecule has 26 heavy (non-hydrogen) atoms. The number of ether oxygens (including phenoxy) is 2. The van der Waals surface area contributed by atoms with Gasteiger partial charge in [-0.1, -0.05) is 18.2 Å². The van der Waals surface area contributed by atoms with Crippen LogP contribution in [0.1, 0.15) is 36.8 Å². The Morgan fingerprint density at radius 3 is 2.12 bits per heavy atom. The lowest BCUT2D eigenvalue weighted by Gasteiger charge is -2.38. The van der Waals surface area contributed by atoms with Crippen LogP contribution in [0.2, 0.25) is 0 Å². The summed E-state index contributed by atoms with van der Waals surface area (Å²) in [4.78, 5) is 27.8. The van der Waals surface area contributed by atoms with Gasteiger partial charge >= 0.3 is 0 Å². The molecule has 1 aliphatic carbocycles. The van der Waals surface area contributed by atoms with Crippen molar-refractivity contribution in [1.82, 2.24) is 4.90 Å². The van der Waals surface area contributed by atoms with Crippen LogP contribution in [0, 0.1) is 19.3 Å². The van der Waals surface area contributed by atoms with E-state index in [0.29, 0.717) is 52.0 Å². The van der Waals surface area contributed by atoms with Gasteiger partial charge in [0.2, 0.25) is 11.8 Å². The van der Waals surface area contributed by atoms with Crippen LogP contribution in [0.5, 0.6) is 0 Å². The first-order chi connectivity index (χ1) is 12.5. The fraction of sp³-hybridized carbons (Fsp3) is 0.600. The van der Waals surface area contributed by atoms with Crippen molar-refractivity contribution in [2.45, 2.75) is 45.3 Å². The highest BCUT2D eigenvalue weighted by Gasteiger charge is 2.59. The summed E-state index contributed by atoms with van der Waals surface area (Å²) in [6.07, 6.45) is 2.59. The van der Waals surface area contributed by atoms with Crippen molar-refractivity contribution in [2.75, 3.05) is 31.6 Å². The minimum absolute atomic E-state index is 0.0471. The van der Waals surface area contributed by atoms with E-state index in [-0.39, 0.29) is 11.8 Å². The molecule has 4 rings (SSSR count). The van der Waals surface area contributed by atoms with E-state index in [1.165, 1.54) is 0 Å². The monoisotopic (exact) mass is 358 g/mol. The number of anilines is 1. The van der Waals surface area contributed by atoms with Crippen LogP contribution < -0.4 is 5.32 Å². The molecule has 0 unspecified atom stereocenters. The fourth-order valence-corrected chi connectivity index (χ4v) is 4.05. The van der Waals surface area contributed by atoms with Crippen molar-refractivity contribution < 1.29 is 19.1 Å². The maximum atomic E-state index is 13.1. The Kier molecular flexibility index (Phi) is 4.28. The van der Waals surface area contributed by atoms with E-state index < -0.39 is 11.2 Å². The molecule has 1 aromatic rings. The van der Waals surface area contributed by atoms with E-state index >= 15 is 0 Å². The number of aryl methyl sites for hydroxylation is 2. The molecule has 1 spiro atoms. The Labute approximate surface area is 153 Å². The van der Waals surface area contributed by atoms with Crippen molar-refractivity contribution in [1.29, 1.82) is 0 Å². The van der Waals surface area contributed by atoms with E-state index in [0.717, 1.165) is 16.8 Å². The van der Waals surface area contributed by atoms with E-state index in [9.17, 15) is 9.59 Å². The molecule has 2 aliphatic heterocycles. The van der Waals surface area contributed by atoms with Gasteiger partial charge in [-0.15, -0.1) is 0 Å². The quantitative estimate of drug-likeness (QED) is 0.843. The first-order valence-electron chi connectivity index (χ1n) is 9.41. The Morgan fingerprint density at radius 2 is 1.58 bits per heavy atom. The average molecular weight is 358 g/mol. The first kappa shape index (κ1) is 17.5. The highest BCUT2D eigenvalue weighted by Crippen LogP contribution is 2.49. The number of nitrogens with one attached hydrogen (secondary N) is 1. The first-order valence-corrected chi connectivity index (χ1v) is 9.41. The third kappa shape index (κ3) is 2.91. The fourth-order valence-electron chi connectivity index (χ4n) is 4.05. The van der Waals surface area contributed by atoms with Gasteiger partial charge in [-0.3, -0.25) is 9.59 Å². The number of carbonyl (C=O) groups excluding carboxylic acids is 2. The topological polar surface area (TPSA) is 67.9 Å². The molecule has 3 aliphatic rings. The van der Waals surface area contributed by atoms with Gasteiger partial charge in [0.1, 0.15) is 5.41 Å². The number of likely N-dealkylation sites (tertiary alicyclic amines) is 1. The maximum absolute atomic E-state index is 13.1. The van der Waals surface area contributed by atoms with Crippen LogP contribution in [-0.2, 0) is 19.1 Å². The highest BCUT2D eigenvalue weighted by atomic mass is 16.7. The van der Waals surface area contributed by atoms with Crippen LogP contribution >= 0.6 is 0 Å². The number of nitrogens with zero attached hydrogens (tertiary/aromatic N) is 1. The number of amides is 2. The van der Waals surface area contributed by atoms with Crippen LogP contribution in [-0.4, -0.2) is 48.8 Å². The summed E-state index contributed by atoms with van der Waals surface area (Å²) in [5, 5.41) is 3.01. The molecule has 2 amide bonds. The zero-order valence-electron chi connectivity index (χ0n) is 15.5. The average Bonchev–Trinajstić information content (AvgIpc) is 3.34. The van der Waals surface area contributed by atoms with Crippen molar-refractivity contribution in [3.8, 4) is 0 Å². The van der Waals surface area contributed by atoms with Gasteiger partial charge in [0.15, 0.2) is 5.79 Å². The second kappa shape index (κ2) is 6.35. The number of piperidine rings is 1. The van der Waals surface area contributed by atoms with E-state index in [1.54, 1.807) is 0 Å². The summed E-state index contributed by atoms with van der Waals surface area (Å²) in [6, 6.07) is 5.90. The number of hydrogen-bond acceptors (Lipinski definition) is 4. The summed E-state index contributed by atoms with van der Waals surface area (Å²) < 4.78 is 11.4. The van der Waals surface area contributed by atoms with Crippen LogP contribution in [0.15, 0.2) is 18.2 Å². The third-order valence-electron chi connectivity index (χ3n) is 5.94. The molecule has 2 heterocycles. The van der Waals surface area contributed by atoms with Crippen molar-refractivity contribution in [2.24, 2.45) is 5.41 Å². The zero-order chi connectivity index (χ0) is 18.4. The second-order valence-corrected chi connectivity index (χ2v) is 7.70. The number of benzene rings is 1. The molecule has 1 aromatic carbocycles. The van der Waals surface area contributed by atoms with E-state index in [4.69, 9.17) is 9.47 Å². The summed E-state index contributed by atoms with van der Waals surface area (Å²) >= 11 is 0. The van der Waals surface area contributed by atoms with Crippen LogP contribution in [0.25, 0.3) is 0 Å². The van der Waals surface area contributed by atoms with Crippen LogP contribution in [0.4, 0.5) is 5.69 Å². The largest absolute Gasteiger partial charge is 0.347 e. The van der Waals surface area contributed by atoms with Crippen molar-refractivity contribution in [3.63, 3.8) is 0 Å². The summed E-state index contributed by atoms with van der Waals surface area (Å²) in [6.45, 7) is 6.34. The van der Waals surface area contributed by atoms with Gasteiger partial charge in [-0.2, -0.15) is 0 Å². The van der Waals surface area contributed by atoms with Gasteiger partial charge in [-0.25, -0.2) is 0 Å². The minimum Gasteiger partial charge on any atom is -0.347 e. The normalized spacial score (nSPS) is 23.1. The predicted molar refractivity (Wildman–Crippen MR) is 96.7 cm³/mol. The molecule has 140 valence electrons. The molecule has 6 nitrogen and oxygen atoms in total. The number of para-hydroxylation sites is 1.